The van der Waals surface area contributed by atoms with Gasteiger partial charge in [0.15, 0.2) is 0 Å². The number of carbonyl (C=O) groups is 1. The second-order valence-electron chi connectivity index (χ2n) is 6.04. The quantitative estimate of drug-likeness (QED) is 0.869. The fourth-order valence-corrected chi connectivity index (χ4v) is 5.15. The molecular weight excluding hydrogens is 300 g/mol. The van der Waals surface area contributed by atoms with Gasteiger partial charge in [0, 0.05) is 6.54 Å². The molecule has 1 N–H and O–H groups in total. The molecule has 1 amide bonds. The van der Waals surface area contributed by atoms with Gasteiger partial charge in [0.05, 0.1) is 6.04 Å². The van der Waals surface area contributed by atoms with Crippen LogP contribution in [0, 0.1) is 5.92 Å². The first-order chi connectivity index (χ1) is 10.3. The van der Waals surface area contributed by atoms with E-state index in [2.05, 4.69) is 34.0 Å². The molecule has 5 heteroatoms. The van der Waals surface area contributed by atoms with E-state index in [0.717, 1.165) is 25.8 Å². The lowest BCUT2D eigenvalue weighted by Crippen LogP contribution is -2.35. The van der Waals surface area contributed by atoms with E-state index in [-0.39, 0.29) is 12.2 Å². The summed E-state index contributed by atoms with van der Waals surface area (Å²) in [5.41, 5.74) is 1.25. The van der Waals surface area contributed by atoms with Crippen LogP contribution >= 0.6 is 23.1 Å². The van der Waals surface area contributed by atoms with E-state index in [9.17, 15) is 4.79 Å². The Labute approximate surface area is 135 Å². The molecule has 1 aromatic rings. The van der Waals surface area contributed by atoms with Gasteiger partial charge in [0.25, 0.3) is 0 Å². The Morgan fingerprint density at radius 2 is 2.38 bits per heavy atom. The summed E-state index contributed by atoms with van der Waals surface area (Å²) in [4.78, 5) is 14.9. The molecule has 21 heavy (non-hydrogen) atoms. The first kappa shape index (κ1) is 15.4. The first-order valence-electron chi connectivity index (χ1n) is 7.96. The molecule has 0 aliphatic carbocycles. The molecule has 3 rings (SSSR count). The Kier molecular flexibility index (Phi) is 5.24. The number of hydrogen-bond acceptors (Lipinski definition) is 4. The number of hydrogen-bond donors (Lipinski definition) is 1. The van der Waals surface area contributed by atoms with Crippen molar-refractivity contribution in [1.29, 1.82) is 0 Å². The number of rotatable bonds is 6. The second-order valence-corrected chi connectivity index (χ2v) is 7.97. The van der Waals surface area contributed by atoms with E-state index in [1.807, 2.05) is 11.8 Å². The minimum Gasteiger partial charge on any atom is -0.321 e. The maximum atomic E-state index is 12.8. The zero-order valence-electron chi connectivity index (χ0n) is 12.6. The number of nitrogens with zero attached hydrogens (tertiary/aromatic N) is 1. The number of thioether (sulfide) groups is 1. The summed E-state index contributed by atoms with van der Waals surface area (Å²) in [6, 6.07) is 2.16. The van der Waals surface area contributed by atoms with Gasteiger partial charge in [-0.3, -0.25) is 10.1 Å². The normalized spacial score (nSPS) is 29.5. The van der Waals surface area contributed by atoms with E-state index in [0.29, 0.717) is 11.8 Å². The first-order valence-corrected chi connectivity index (χ1v) is 10.1. The van der Waals surface area contributed by atoms with E-state index in [4.69, 9.17) is 0 Å². The Morgan fingerprint density at radius 3 is 3.05 bits per heavy atom. The van der Waals surface area contributed by atoms with Crippen molar-refractivity contribution in [1.82, 2.24) is 10.2 Å². The van der Waals surface area contributed by atoms with Crippen LogP contribution in [0.1, 0.15) is 44.3 Å². The summed E-state index contributed by atoms with van der Waals surface area (Å²) < 4.78 is 0. The van der Waals surface area contributed by atoms with Gasteiger partial charge in [-0.1, -0.05) is 19.8 Å². The van der Waals surface area contributed by atoms with E-state index >= 15 is 0 Å². The average molecular weight is 325 g/mol. The minimum absolute atomic E-state index is 0.0175. The number of thiophene rings is 1. The lowest BCUT2D eigenvalue weighted by molar-refractivity contribution is -0.130. The lowest BCUT2D eigenvalue weighted by Gasteiger charge is -2.26. The molecule has 2 aliphatic heterocycles. The summed E-state index contributed by atoms with van der Waals surface area (Å²) in [5, 5.41) is 7.85. The van der Waals surface area contributed by atoms with Gasteiger partial charge in [-0.05, 0) is 52.7 Å². The second kappa shape index (κ2) is 7.16. The van der Waals surface area contributed by atoms with E-state index in [1.165, 1.54) is 23.5 Å². The number of nitrogens with one attached hydrogen (secondary N) is 1. The summed E-state index contributed by atoms with van der Waals surface area (Å²) in [6.07, 6.45) is 4.58. The van der Waals surface area contributed by atoms with Crippen LogP contribution in [0.2, 0.25) is 0 Å². The van der Waals surface area contributed by atoms with Crippen molar-refractivity contribution in [3.63, 3.8) is 0 Å². The van der Waals surface area contributed by atoms with Crippen LogP contribution in [0.4, 0.5) is 0 Å². The number of carbonyl (C=O) groups excluding carboxylic acids is 1. The van der Waals surface area contributed by atoms with Crippen LogP contribution in [0.3, 0.4) is 0 Å². The van der Waals surface area contributed by atoms with Gasteiger partial charge < -0.3 is 4.90 Å². The fourth-order valence-electron chi connectivity index (χ4n) is 3.20. The van der Waals surface area contributed by atoms with Crippen molar-refractivity contribution in [2.24, 2.45) is 5.92 Å². The van der Waals surface area contributed by atoms with Crippen LogP contribution in [0.5, 0.6) is 0 Å². The van der Waals surface area contributed by atoms with E-state index < -0.39 is 0 Å². The van der Waals surface area contributed by atoms with Gasteiger partial charge in [-0.2, -0.15) is 23.1 Å². The Balaban J connectivity index is 1.73. The summed E-state index contributed by atoms with van der Waals surface area (Å²) in [6.45, 7) is 3.10. The number of unbranched alkanes of at least 4 members (excludes halogenated alkanes) is 1. The highest BCUT2D eigenvalue weighted by atomic mass is 32.2. The molecular formula is C16H24N2OS2. The highest BCUT2D eigenvalue weighted by Crippen LogP contribution is 2.32. The summed E-state index contributed by atoms with van der Waals surface area (Å²) in [7, 11) is 0. The van der Waals surface area contributed by atoms with Gasteiger partial charge in [-0.25, -0.2) is 0 Å². The monoisotopic (exact) mass is 324 g/mol. The standard InChI is InChI=1S/C16H24N2OS2/c1-2-3-4-14-16(19)18(9-12-5-7-20-10-12)15(17-14)13-6-8-21-11-13/h6,8,11-12,14-15,17H,2-5,7,9-10H2,1H3. The molecule has 3 nitrogen and oxygen atoms in total. The van der Waals surface area contributed by atoms with Crippen LogP contribution in [0.15, 0.2) is 16.8 Å². The van der Waals surface area contributed by atoms with Crippen LogP contribution in [-0.2, 0) is 4.79 Å². The molecule has 2 saturated heterocycles. The van der Waals surface area contributed by atoms with Crippen molar-refractivity contribution in [2.75, 3.05) is 18.1 Å². The van der Waals surface area contributed by atoms with Crippen molar-refractivity contribution < 1.29 is 4.79 Å². The molecule has 3 unspecified atom stereocenters. The van der Waals surface area contributed by atoms with Gasteiger partial charge in [0.2, 0.25) is 5.91 Å². The third-order valence-electron chi connectivity index (χ3n) is 4.44. The maximum Gasteiger partial charge on any atom is 0.241 e. The molecule has 116 valence electrons. The predicted molar refractivity (Wildman–Crippen MR) is 90.7 cm³/mol. The largest absolute Gasteiger partial charge is 0.321 e. The van der Waals surface area contributed by atoms with Crippen molar-refractivity contribution in [3.8, 4) is 0 Å². The third-order valence-corrected chi connectivity index (χ3v) is 6.37. The molecule has 0 bridgehead atoms. The Bertz CT molecular complexity index is 457. The highest BCUT2D eigenvalue weighted by molar-refractivity contribution is 7.99. The molecule has 3 atom stereocenters. The topological polar surface area (TPSA) is 32.3 Å². The Morgan fingerprint density at radius 1 is 1.48 bits per heavy atom. The molecule has 2 fully saturated rings. The highest BCUT2D eigenvalue weighted by Gasteiger charge is 2.40. The van der Waals surface area contributed by atoms with Gasteiger partial charge >= 0.3 is 0 Å². The molecule has 0 aromatic carbocycles. The van der Waals surface area contributed by atoms with Crippen LogP contribution < -0.4 is 5.32 Å². The van der Waals surface area contributed by atoms with E-state index in [1.54, 1.807) is 11.3 Å². The molecule has 3 heterocycles. The zero-order chi connectivity index (χ0) is 14.7. The summed E-state index contributed by atoms with van der Waals surface area (Å²) >= 11 is 3.73. The zero-order valence-corrected chi connectivity index (χ0v) is 14.2. The minimum atomic E-state index is 0.0175. The average Bonchev–Trinajstić information content (AvgIpc) is 3.21. The molecule has 0 saturated carbocycles. The molecule has 2 aliphatic rings. The van der Waals surface area contributed by atoms with Crippen molar-refractivity contribution in [2.45, 2.75) is 44.8 Å². The maximum absolute atomic E-state index is 12.8. The lowest BCUT2D eigenvalue weighted by atomic mass is 10.1. The van der Waals surface area contributed by atoms with Crippen LogP contribution in [-0.4, -0.2) is 34.9 Å². The number of amides is 1. The molecule has 0 radical (unpaired) electrons. The smallest absolute Gasteiger partial charge is 0.241 e. The van der Waals surface area contributed by atoms with Gasteiger partial charge in [0.1, 0.15) is 6.17 Å². The predicted octanol–water partition coefficient (Wildman–Crippen LogP) is 3.49. The molecule has 1 aromatic heterocycles. The SMILES string of the molecule is CCCCC1NC(c2ccsc2)N(CC2CCSC2)C1=O. The van der Waals surface area contributed by atoms with Crippen molar-refractivity contribution >= 4 is 29.0 Å². The fraction of sp³-hybridized carbons (Fsp3) is 0.688. The Hall–Kier alpha value is -0.520. The van der Waals surface area contributed by atoms with Crippen molar-refractivity contribution in [3.05, 3.63) is 22.4 Å². The van der Waals surface area contributed by atoms with Crippen LogP contribution in [0.25, 0.3) is 0 Å². The molecule has 0 spiro atoms. The van der Waals surface area contributed by atoms with Gasteiger partial charge in [-0.15, -0.1) is 0 Å². The summed E-state index contributed by atoms with van der Waals surface area (Å²) in [5.74, 6) is 3.45. The third kappa shape index (κ3) is 3.46.